The molecule has 0 amide bonds. The Bertz CT molecular complexity index is 1140. The van der Waals surface area contributed by atoms with Crippen LogP contribution in [0, 0.1) is 0 Å². The van der Waals surface area contributed by atoms with Crippen molar-refractivity contribution in [1.29, 1.82) is 0 Å². The number of morpholine rings is 1. The Kier molecular flexibility index (Phi) is 5.71. The predicted molar refractivity (Wildman–Crippen MR) is 108 cm³/mol. The van der Waals surface area contributed by atoms with Crippen LogP contribution < -0.4 is 4.90 Å². The van der Waals surface area contributed by atoms with Crippen molar-refractivity contribution in [3.05, 3.63) is 45.7 Å². The van der Waals surface area contributed by atoms with E-state index < -0.39 is 17.8 Å². The Labute approximate surface area is 184 Å². The van der Waals surface area contributed by atoms with Crippen LogP contribution in [0.4, 0.5) is 18.9 Å². The van der Waals surface area contributed by atoms with E-state index in [0.717, 1.165) is 4.52 Å². The molecule has 1 fully saturated rings. The summed E-state index contributed by atoms with van der Waals surface area (Å²) in [5.74, 6) is -0.736. The molecule has 1 aliphatic heterocycles. The topological polar surface area (TPSA) is 69.0 Å². The number of alkyl halides is 3. The first kappa shape index (κ1) is 21.7. The second kappa shape index (κ2) is 8.18. The lowest BCUT2D eigenvalue weighted by atomic mass is 10.1. The van der Waals surface area contributed by atoms with Gasteiger partial charge in [-0.2, -0.15) is 18.3 Å². The minimum atomic E-state index is -4.80. The van der Waals surface area contributed by atoms with Gasteiger partial charge in [-0.15, -0.1) is 0 Å². The summed E-state index contributed by atoms with van der Waals surface area (Å²) < 4.78 is 53.1. The van der Waals surface area contributed by atoms with E-state index in [1.165, 1.54) is 31.5 Å². The molecule has 0 radical (unpaired) electrons. The first-order valence-corrected chi connectivity index (χ1v) is 9.82. The molecule has 1 aromatic carbocycles. The van der Waals surface area contributed by atoms with Gasteiger partial charge in [-0.05, 0) is 18.2 Å². The molecule has 164 valence electrons. The van der Waals surface area contributed by atoms with Crippen LogP contribution in [0.15, 0.2) is 24.4 Å². The van der Waals surface area contributed by atoms with Gasteiger partial charge in [-0.25, -0.2) is 14.3 Å². The standard InChI is InChI=1S/C19H15Cl2F3N4O3/c1-30-18(29)13-9-25-28-14(10-6-11(20)8-12(21)7-10)16(19(22,23)24)26-17(28)15(13)27-2-4-31-5-3-27/h6-9H,2-5H2,1H3. The van der Waals surface area contributed by atoms with Crippen LogP contribution in [0.3, 0.4) is 0 Å². The van der Waals surface area contributed by atoms with Crippen LogP contribution >= 0.6 is 23.2 Å². The van der Waals surface area contributed by atoms with Crippen molar-refractivity contribution in [2.75, 3.05) is 38.3 Å². The van der Waals surface area contributed by atoms with Gasteiger partial charge < -0.3 is 14.4 Å². The maximum Gasteiger partial charge on any atom is 0.435 e. The van der Waals surface area contributed by atoms with Gasteiger partial charge >= 0.3 is 12.1 Å². The molecule has 0 N–H and O–H groups in total. The van der Waals surface area contributed by atoms with E-state index in [0.29, 0.717) is 26.3 Å². The number of benzene rings is 1. The third kappa shape index (κ3) is 4.02. The van der Waals surface area contributed by atoms with E-state index in [-0.39, 0.29) is 38.2 Å². The minimum Gasteiger partial charge on any atom is -0.465 e. The van der Waals surface area contributed by atoms with Crippen LogP contribution in [0.1, 0.15) is 16.1 Å². The lowest BCUT2D eigenvalue weighted by molar-refractivity contribution is -0.140. The van der Waals surface area contributed by atoms with Gasteiger partial charge in [0.15, 0.2) is 11.3 Å². The summed E-state index contributed by atoms with van der Waals surface area (Å²) in [6.45, 7) is 1.41. The highest BCUT2D eigenvalue weighted by Crippen LogP contribution is 2.40. The lowest BCUT2D eigenvalue weighted by Crippen LogP contribution is -2.37. The van der Waals surface area contributed by atoms with E-state index in [1.54, 1.807) is 4.90 Å². The van der Waals surface area contributed by atoms with Crippen molar-refractivity contribution in [1.82, 2.24) is 14.6 Å². The molecular weight excluding hydrogens is 460 g/mol. The molecule has 31 heavy (non-hydrogen) atoms. The fraction of sp³-hybridized carbons (Fsp3) is 0.316. The number of rotatable bonds is 3. The smallest absolute Gasteiger partial charge is 0.435 e. The highest BCUT2D eigenvalue weighted by atomic mass is 35.5. The van der Waals surface area contributed by atoms with Crippen LogP contribution in [-0.2, 0) is 15.7 Å². The van der Waals surface area contributed by atoms with E-state index in [9.17, 15) is 18.0 Å². The van der Waals surface area contributed by atoms with Gasteiger partial charge in [0.05, 0.1) is 32.2 Å². The first-order valence-electron chi connectivity index (χ1n) is 9.07. The van der Waals surface area contributed by atoms with Crippen molar-refractivity contribution in [3.8, 4) is 11.3 Å². The highest BCUT2D eigenvalue weighted by molar-refractivity contribution is 6.35. The Hall–Kier alpha value is -2.56. The zero-order valence-corrected chi connectivity index (χ0v) is 17.6. The van der Waals surface area contributed by atoms with Crippen LogP contribution in [0.5, 0.6) is 0 Å². The Morgan fingerprint density at radius 3 is 2.39 bits per heavy atom. The molecule has 3 heterocycles. The number of esters is 1. The summed E-state index contributed by atoms with van der Waals surface area (Å²) in [5, 5.41) is 4.40. The fourth-order valence-corrected chi connectivity index (χ4v) is 4.01. The summed E-state index contributed by atoms with van der Waals surface area (Å²) in [5.41, 5.74) is -1.36. The number of aromatic nitrogens is 3. The third-order valence-corrected chi connectivity index (χ3v) is 5.20. The molecule has 4 rings (SSSR count). The molecule has 2 aromatic heterocycles. The molecule has 0 atom stereocenters. The SMILES string of the molecule is COC(=O)c1cnn2c(-c3cc(Cl)cc(Cl)c3)c(C(F)(F)F)nc2c1N1CCOCC1. The highest BCUT2D eigenvalue weighted by Gasteiger charge is 2.40. The summed E-state index contributed by atoms with van der Waals surface area (Å²) in [6.07, 6.45) is -3.63. The normalized spacial score (nSPS) is 14.8. The molecule has 0 bridgehead atoms. The fourth-order valence-electron chi connectivity index (χ4n) is 3.48. The molecule has 0 aliphatic carbocycles. The zero-order valence-electron chi connectivity index (χ0n) is 16.0. The van der Waals surface area contributed by atoms with Crippen molar-refractivity contribution in [2.45, 2.75) is 6.18 Å². The molecule has 0 unspecified atom stereocenters. The molecule has 1 aliphatic rings. The molecule has 0 saturated carbocycles. The van der Waals surface area contributed by atoms with Crippen molar-refractivity contribution >= 4 is 40.5 Å². The summed E-state index contributed by atoms with van der Waals surface area (Å²) in [4.78, 5) is 18.0. The molecule has 7 nitrogen and oxygen atoms in total. The second-order valence-corrected chi connectivity index (χ2v) is 7.57. The van der Waals surface area contributed by atoms with Gasteiger partial charge in [-0.3, -0.25) is 0 Å². The van der Waals surface area contributed by atoms with Gasteiger partial charge in [0.25, 0.3) is 0 Å². The third-order valence-electron chi connectivity index (χ3n) is 4.76. The van der Waals surface area contributed by atoms with Gasteiger partial charge in [0, 0.05) is 28.7 Å². The van der Waals surface area contributed by atoms with Crippen LogP contribution in [0.2, 0.25) is 10.0 Å². The number of carbonyl (C=O) groups is 1. The number of ether oxygens (including phenoxy) is 2. The van der Waals surface area contributed by atoms with Crippen molar-refractivity contribution in [2.24, 2.45) is 0 Å². The Morgan fingerprint density at radius 2 is 1.81 bits per heavy atom. The summed E-state index contributed by atoms with van der Waals surface area (Å²) >= 11 is 12.0. The average Bonchev–Trinajstić information content (AvgIpc) is 3.12. The number of carbonyl (C=O) groups excluding carboxylic acids is 1. The van der Waals surface area contributed by atoms with Gasteiger partial charge in [-0.1, -0.05) is 23.2 Å². The number of hydrogen-bond donors (Lipinski definition) is 0. The van der Waals surface area contributed by atoms with E-state index in [4.69, 9.17) is 32.7 Å². The molecule has 3 aromatic rings. The van der Waals surface area contributed by atoms with E-state index in [1.807, 2.05) is 0 Å². The van der Waals surface area contributed by atoms with Crippen molar-refractivity contribution < 1.29 is 27.4 Å². The Morgan fingerprint density at radius 1 is 1.16 bits per heavy atom. The summed E-state index contributed by atoms with van der Waals surface area (Å²) in [7, 11) is 1.18. The monoisotopic (exact) mass is 474 g/mol. The lowest BCUT2D eigenvalue weighted by Gasteiger charge is -2.30. The second-order valence-electron chi connectivity index (χ2n) is 6.70. The number of hydrogen-bond acceptors (Lipinski definition) is 6. The van der Waals surface area contributed by atoms with Crippen LogP contribution in [0.25, 0.3) is 16.9 Å². The minimum absolute atomic E-state index is 0.00583. The number of nitrogens with zero attached hydrogens (tertiary/aromatic N) is 4. The Balaban J connectivity index is 2.07. The largest absolute Gasteiger partial charge is 0.465 e. The maximum absolute atomic E-state index is 14.0. The predicted octanol–water partition coefficient (Wildman–Crippen LogP) is 4.35. The van der Waals surface area contributed by atoms with Gasteiger partial charge in [0.1, 0.15) is 11.3 Å². The zero-order chi connectivity index (χ0) is 22.3. The molecule has 12 heteroatoms. The number of anilines is 1. The van der Waals surface area contributed by atoms with Gasteiger partial charge in [0.2, 0.25) is 0 Å². The number of fused-ring (bicyclic) bond motifs is 1. The van der Waals surface area contributed by atoms with E-state index >= 15 is 0 Å². The molecule has 1 saturated heterocycles. The van der Waals surface area contributed by atoms with Crippen molar-refractivity contribution in [3.63, 3.8) is 0 Å². The number of imidazole rings is 1. The number of halogens is 5. The number of methoxy groups -OCH3 is 1. The first-order chi connectivity index (χ1) is 14.7. The van der Waals surface area contributed by atoms with E-state index in [2.05, 4.69) is 10.1 Å². The molecular formula is C19H15Cl2F3N4O3. The van der Waals surface area contributed by atoms with Crippen LogP contribution in [-0.4, -0.2) is 54.0 Å². The quantitative estimate of drug-likeness (QED) is 0.525. The average molecular weight is 475 g/mol. The summed E-state index contributed by atoms with van der Waals surface area (Å²) in [6, 6.07) is 4.10. The maximum atomic E-state index is 14.0. The molecule has 0 spiro atoms.